The van der Waals surface area contributed by atoms with Crippen LogP contribution in [0.3, 0.4) is 0 Å². The molecule has 0 radical (unpaired) electrons. The van der Waals surface area contributed by atoms with E-state index in [1.54, 1.807) is 24.4 Å². The number of anilines is 1. The number of aromatic nitrogens is 3. The molecule has 10 heteroatoms. The van der Waals surface area contributed by atoms with Crippen molar-refractivity contribution >= 4 is 28.5 Å². The molecule has 1 aliphatic carbocycles. The summed E-state index contributed by atoms with van der Waals surface area (Å²) < 4.78 is 7.20. The smallest absolute Gasteiger partial charge is 0.407 e. The lowest BCUT2D eigenvalue weighted by Gasteiger charge is -2.25. The van der Waals surface area contributed by atoms with E-state index < -0.39 is 11.7 Å². The Labute approximate surface area is 236 Å². The second kappa shape index (κ2) is 11.3. The van der Waals surface area contributed by atoms with Crippen LogP contribution in [-0.2, 0) is 24.1 Å². The summed E-state index contributed by atoms with van der Waals surface area (Å²) in [4.78, 5) is 30.9. The number of thiazole rings is 1. The van der Waals surface area contributed by atoms with Gasteiger partial charge in [0.25, 0.3) is 5.91 Å². The minimum atomic E-state index is -0.545. The van der Waals surface area contributed by atoms with E-state index in [1.165, 1.54) is 11.3 Å². The summed E-state index contributed by atoms with van der Waals surface area (Å²) in [6, 6.07) is 16.9. The molecular weight excluding hydrogens is 524 g/mol. The van der Waals surface area contributed by atoms with Crippen molar-refractivity contribution in [3.8, 4) is 17.2 Å². The zero-order valence-corrected chi connectivity index (χ0v) is 23.4. The van der Waals surface area contributed by atoms with Gasteiger partial charge in [0.05, 0.1) is 30.1 Å². The van der Waals surface area contributed by atoms with Gasteiger partial charge < -0.3 is 10.1 Å². The zero-order valence-electron chi connectivity index (χ0n) is 22.6. The van der Waals surface area contributed by atoms with E-state index in [2.05, 4.69) is 26.8 Å². The van der Waals surface area contributed by atoms with Gasteiger partial charge in [-0.2, -0.15) is 10.4 Å². The lowest BCUT2D eigenvalue weighted by atomic mass is 9.98. The highest BCUT2D eigenvalue weighted by Crippen LogP contribution is 2.30. The van der Waals surface area contributed by atoms with Crippen molar-refractivity contribution in [2.45, 2.75) is 58.2 Å². The summed E-state index contributed by atoms with van der Waals surface area (Å²) in [5.41, 5.74) is 4.45. The van der Waals surface area contributed by atoms with Gasteiger partial charge in [-0.05, 0) is 69.0 Å². The maximum atomic E-state index is 13.1. The van der Waals surface area contributed by atoms with Crippen molar-refractivity contribution in [2.75, 3.05) is 5.32 Å². The Hall–Kier alpha value is -4.49. The first-order valence-corrected chi connectivity index (χ1v) is 13.9. The van der Waals surface area contributed by atoms with Gasteiger partial charge in [0.1, 0.15) is 5.60 Å². The Morgan fingerprint density at radius 2 is 1.98 bits per heavy atom. The van der Waals surface area contributed by atoms with Gasteiger partial charge in [-0.15, -0.1) is 11.3 Å². The summed E-state index contributed by atoms with van der Waals surface area (Å²) in [7, 11) is 0. The molecule has 2 aromatic heterocycles. The molecule has 0 fully saturated rings. The van der Waals surface area contributed by atoms with Gasteiger partial charge >= 0.3 is 6.09 Å². The van der Waals surface area contributed by atoms with Crippen molar-refractivity contribution in [1.82, 2.24) is 20.1 Å². The molecule has 0 unspecified atom stereocenters. The van der Waals surface area contributed by atoms with Gasteiger partial charge in [0, 0.05) is 34.7 Å². The van der Waals surface area contributed by atoms with Crippen LogP contribution in [0.1, 0.15) is 59.2 Å². The SMILES string of the molecule is CC(C)(C)OC(=O)N[C@H]1CCc2nc(NC(=O)c3cccc(Cn4cc(-c5ccc(C#N)cc5)cn4)c3)sc2C1. The topological polar surface area (TPSA) is 122 Å². The summed E-state index contributed by atoms with van der Waals surface area (Å²) >= 11 is 1.44. The third-order valence-electron chi connectivity index (χ3n) is 6.40. The highest BCUT2D eigenvalue weighted by molar-refractivity contribution is 7.15. The molecule has 40 heavy (non-hydrogen) atoms. The normalized spacial score (nSPS) is 14.6. The molecule has 2 amide bonds. The van der Waals surface area contributed by atoms with E-state index in [4.69, 9.17) is 10.00 Å². The standard InChI is InChI=1S/C30H30N6O3S/c1-30(2,3)39-29(38)33-24-11-12-25-26(14-24)40-28(34-25)35-27(37)22-6-4-5-20(13-22)17-36-18-23(16-32-36)21-9-7-19(15-31)8-10-21/h4-10,13,16,18,24H,11-12,14,17H2,1-3H3,(H,33,38)(H,34,35,37)/t24-/m0/s1. The maximum absolute atomic E-state index is 13.1. The number of nitrogens with zero attached hydrogens (tertiary/aromatic N) is 4. The minimum Gasteiger partial charge on any atom is -0.444 e. The van der Waals surface area contributed by atoms with Gasteiger partial charge in [0.2, 0.25) is 0 Å². The molecule has 0 saturated heterocycles. The van der Waals surface area contributed by atoms with Crippen molar-refractivity contribution in [1.29, 1.82) is 5.26 Å². The van der Waals surface area contributed by atoms with Crippen LogP contribution in [0.4, 0.5) is 9.93 Å². The highest BCUT2D eigenvalue weighted by Gasteiger charge is 2.26. The lowest BCUT2D eigenvalue weighted by molar-refractivity contribution is 0.0500. The second-order valence-corrected chi connectivity index (χ2v) is 11.8. The third-order valence-corrected chi connectivity index (χ3v) is 7.43. The third kappa shape index (κ3) is 6.74. The predicted octanol–water partition coefficient (Wildman–Crippen LogP) is 5.56. The first-order valence-electron chi connectivity index (χ1n) is 13.1. The van der Waals surface area contributed by atoms with Gasteiger partial charge in [-0.3, -0.25) is 14.8 Å². The molecule has 204 valence electrons. The fourth-order valence-electron chi connectivity index (χ4n) is 4.53. The van der Waals surface area contributed by atoms with E-state index >= 15 is 0 Å². The molecule has 5 rings (SSSR count). The van der Waals surface area contributed by atoms with Crippen LogP contribution in [0.5, 0.6) is 0 Å². The van der Waals surface area contributed by atoms with Crippen LogP contribution in [0.2, 0.25) is 0 Å². The number of hydrogen-bond donors (Lipinski definition) is 2. The number of fused-ring (bicyclic) bond motifs is 1. The fourth-order valence-corrected chi connectivity index (χ4v) is 5.61. The molecule has 1 atom stereocenters. The van der Waals surface area contributed by atoms with Crippen LogP contribution in [-0.4, -0.2) is 38.4 Å². The van der Waals surface area contributed by atoms with Crippen LogP contribution in [0, 0.1) is 11.3 Å². The molecule has 2 heterocycles. The maximum Gasteiger partial charge on any atom is 0.407 e. The first-order chi connectivity index (χ1) is 19.1. The Morgan fingerprint density at radius 3 is 2.73 bits per heavy atom. The molecule has 0 aliphatic heterocycles. The van der Waals surface area contributed by atoms with E-state index in [-0.39, 0.29) is 11.9 Å². The molecule has 0 bridgehead atoms. The lowest BCUT2D eigenvalue weighted by Crippen LogP contribution is -2.41. The number of hydrogen-bond acceptors (Lipinski definition) is 7. The van der Waals surface area contributed by atoms with Crippen LogP contribution >= 0.6 is 11.3 Å². The minimum absolute atomic E-state index is 0.0252. The molecule has 2 N–H and O–H groups in total. The van der Waals surface area contributed by atoms with Crippen molar-refractivity contribution in [3.05, 3.63) is 88.2 Å². The largest absolute Gasteiger partial charge is 0.444 e. The molecule has 2 aromatic carbocycles. The number of amides is 2. The molecule has 0 saturated carbocycles. The second-order valence-electron chi connectivity index (χ2n) is 10.7. The average Bonchev–Trinajstić information content (AvgIpc) is 3.54. The Morgan fingerprint density at radius 1 is 1.18 bits per heavy atom. The van der Waals surface area contributed by atoms with Crippen molar-refractivity contribution < 1.29 is 14.3 Å². The number of carbonyl (C=O) groups excluding carboxylic acids is 2. The van der Waals surface area contributed by atoms with E-state index in [0.717, 1.165) is 40.1 Å². The summed E-state index contributed by atoms with van der Waals surface area (Å²) in [5.74, 6) is -0.227. The monoisotopic (exact) mass is 554 g/mol. The Kier molecular flexibility index (Phi) is 7.67. The number of benzene rings is 2. The van der Waals surface area contributed by atoms with E-state index in [0.29, 0.717) is 29.2 Å². The van der Waals surface area contributed by atoms with Gasteiger partial charge in [-0.25, -0.2) is 9.78 Å². The first kappa shape index (κ1) is 27.1. The van der Waals surface area contributed by atoms with Crippen molar-refractivity contribution in [2.24, 2.45) is 0 Å². The van der Waals surface area contributed by atoms with Crippen LogP contribution in [0.15, 0.2) is 60.9 Å². The van der Waals surface area contributed by atoms with E-state index in [1.807, 2.05) is 62.0 Å². The van der Waals surface area contributed by atoms with Gasteiger partial charge in [0.15, 0.2) is 5.13 Å². The summed E-state index contributed by atoms with van der Waals surface area (Å²) in [6.45, 7) is 6.03. The van der Waals surface area contributed by atoms with Crippen LogP contribution in [0.25, 0.3) is 11.1 Å². The number of aryl methyl sites for hydroxylation is 1. The number of nitrogens with one attached hydrogen (secondary N) is 2. The van der Waals surface area contributed by atoms with Crippen LogP contribution < -0.4 is 10.6 Å². The number of alkyl carbamates (subject to hydrolysis) is 1. The Bertz CT molecular complexity index is 1580. The molecule has 9 nitrogen and oxygen atoms in total. The van der Waals surface area contributed by atoms with Gasteiger partial charge in [-0.1, -0.05) is 24.3 Å². The number of nitriles is 1. The molecule has 4 aromatic rings. The average molecular weight is 555 g/mol. The summed E-state index contributed by atoms with van der Waals surface area (Å²) in [5, 5.41) is 19.9. The molecule has 0 spiro atoms. The fraction of sp³-hybridized carbons (Fsp3) is 0.300. The quantitative estimate of drug-likeness (QED) is 0.322. The molecular formula is C30H30N6O3S. The number of carbonyl (C=O) groups is 2. The number of ether oxygens (including phenoxy) is 1. The zero-order chi connectivity index (χ0) is 28.3. The predicted molar refractivity (Wildman–Crippen MR) is 153 cm³/mol. The van der Waals surface area contributed by atoms with E-state index in [9.17, 15) is 9.59 Å². The highest BCUT2D eigenvalue weighted by atomic mass is 32.1. The summed E-state index contributed by atoms with van der Waals surface area (Å²) in [6.07, 6.45) is 5.47. The Balaban J connectivity index is 1.20. The number of rotatable bonds is 6. The molecule has 1 aliphatic rings. The van der Waals surface area contributed by atoms with Crippen molar-refractivity contribution in [3.63, 3.8) is 0 Å².